The van der Waals surface area contributed by atoms with Crippen LogP contribution in [0.2, 0.25) is 0 Å². The largest absolute Gasteiger partial charge is 0.469 e. The van der Waals surface area contributed by atoms with E-state index in [0.29, 0.717) is 19.5 Å². The van der Waals surface area contributed by atoms with Gasteiger partial charge in [0.2, 0.25) is 5.91 Å². The molecule has 1 amide bonds. The van der Waals surface area contributed by atoms with Crippen LogP contribution in [0.5, 0.6) is 0 Å². The van der Waals surface area contributed by atoms with Crippen molar-refractivity contribution < 1.29 is 9.21 Å². The van der Waals surface area contributed by atoms with E-state index in [2.05, 4.69) is 5.32 Å². The van der Waals surface area contributed by atoms with E-state index >= 15 is 0 Å². The third kappa shape index (κ3) is 2.88. The van der Waals surface area contributed by atoms with E-state index in [1.54, 1.807) is 12.3 Å². The molecule has 0 aliphatic rings. The molecule has 1 unspecified atom stereocenters. The minimum absolute atomic E-state index is 0.00796. The van der Waals surface area contributed by atoms with Gasteiger partial charge in [-0.3, -0.25) is 4.79 Å². The summed E-state index contributed by atoms with van der Waals surface area (Å²) in [5.41, 5.74) is 5.52. The lowest BCUT2D eigenvalue weighted by atomic mass is 10.0. The average molecular weight is 196 g/mol. The van der Waals surface area contributed by atoms with E-state index < -0.39 is 0 Å². The van der Waals surface area contributed by atoms with Crippen LogP contribution in [0.4, 0.5) is 0 Å². The molecule has 0 aliphatic heterocycles. The number of hydrogen-bond donors (Lipinski definition) is 2. The Balaban J connectivity index is 2.50. The molecule has 78 valence electrons. The first-order valence-electron chi connectivity index (χ1n) is 4.78. The number of nitrogens with two attached hydrogens (primary N) is 1. The van der Waals surface area contributed by atoms with E-state index in [1.165, 1.54) is 0 Å². The van der Waals surface area contributed by atoms with Crippen molar-refractivity contribution in [2.24, 2.45) is 11.7 Å². The monoisotopic (exact) mass is 196 g/mol. The third-order valence-electron chi connectivity index (χ3n) is 2.03. The zero-order valence-corrected chi connectivity index (χ0v) is 8.32. The molecule has 1 aromatic rings. The van der Waals surface area contributed by atoms with Crippen molar-refractivity contribution >= 4 is 5.91 Å². The number of carbonyl (C=O) groups is 1. The van der Waals surface area contributed by atoms with Crippen LogP contribution in [0.3, 0.4) is 0 Å². The highest BCUT2D eigenvalue weighted by molar-refractivity contribution is 5.79. The van der Waals surface area contributed by atoms with E-state index in [9.17, 15) is 4.79 Å². The Labute approximate surface area is 83.5 Å². The molecule has 4 nitrogen and oxygen atoms in total. The second kappa shape index (κ2) is 5.44. The highest BCUT2D eigenvalue weighted by atomic mass is 16.3. The minimum atomic E-state index is -0.193. The summed E-state index contributed by atoms with van der Waals surface area (Å²) in [6.45, 7) is 2.86. The fourth-order valence-electron chi connectivity index (χ4n) is 1.27. The smallest absolute Gasteiger partial charge is 0.224 e. The zero-order valence-electron chi connectivity index (χ0n) is 8.32. The molecule has 0 saturated carbocycles. The van der Waals surface area contributed by atoms with Gasteiger partial charge >= 0.3 is 0 Å². The third-order valence-corrected chi connectivity index (χ3v) is 2.03. The molecule has 1 aromatic heterocycles. The maximum atomic E-state index is 11.5. The molecule has 14 heavy (non-hydrogen) atoms. The van der Waals surface area contributed by atoms with Crippen molar-refractivity contribution in [2.75, 3.05) is 13.1 Å². The summed E-state index contributed by atoms with van der Waals surface area (Å²) >= 11 is 0. The lowest BCUT2D eigenvalue weighted by Crippen LogP contribution is -2.36. The van der Waals surface area contributed by atoms with E-state index in [-0.39, 0.29) is 11.8 Å². The average Bonchev–Trinajstić information content (AvgIpc) is 2.66. The quantitative estimate of drug-likeness (QED) is 0.722. The predicted octanol–water partition coefficient (Wildman–Crippen LogP) is 0.533. The summed E-state index contributed by atoms with van der Waals surface area (Å²) < 4.78 is 5.16. The second-order valence-corrected chi connectivity index (χ2v) is 3.11. The highest BCUT2D eigenvalue weighted by Crippen LogP contribution is 2.08. The van der Waals surface area contributed by atoms with Crippen molar-refractivity contribution in [3.8, 4) is 0 Å². The van der Waals surface area contributed by atoms with E-state index in [0.717, 1.165) is 5.76 Å². The van der Waals surface area contributed by atoms with Gasteiger partial charge in [0, 0.05) is 19.5 Å². The van der Waals surface area contributed by atoms with Crippen LogP contribution in [0.15, 0.2) is 22.8 Å². The van der Waals surface area contributed by atoms with Gasteiger partial charge in [-0.05, 0) is 19.1 Å². The van der Waals surface area contributed by atoms with Gasteiger partial charge in [-0.25, -0.2) is 0 Å². The standard InChI is InChI=1S/C10H16N2O2/c1-2-12-10(13)8(7-11)6-9-4-3-5-14-9/h3-5,8H,2,6-7,11H2,1H3,(H,12,13). The normalized spacial score (nSPS) is 12.4. The molecule has 0 saturated heterocycles. The lowest BCUT2D eigenvalue weighted by Gasteiger charge is -2.12. The summed E-state index contributed by atoms with van der Waals surface area (Å²) in [6, 6.07) is 3.66. The van der Waals surface area contributed by atoms with Crippen molar-refractivity contribution in [1.29, 1.82) is 0 Å². The van der Waals surface area contributed by atoms with Crippen LogP contribution in [-0.2, 0) is 11.2 Å². The molecule has 0 bridgehead atoms. The molecule has 0 aromatic carbocycles. The Bertz CT molecular complexity index is 270. The first-order valence-corrected chi connectivity index (χ1v) is 4.78. The Morgan fingerprint density at radius 1 is 1.71 bits per heavy atom. The number of nitrogens with one attached hydrogen (secondary N) is 1. The fourth-order valence-corrected chi connectivity index (χ4v) is 1.27. The lowest BCUT2D eigenvalue weighted by molar-refractivity contribution is -0.124. The van der Waals surface area contributed by atoms with Gasteiger partial charge in [0.05, 0.1) is 12.2 Å². The van der Waals surface area contributed by atoms with Crippen molar-refractivity contribution in [3.63, 3.8) is 0 Å². The Hall–Kier alpha value is -1.29. The SMILES string of the molecule is CCNC(=O)C(CN)Cc1ccco1. The molecule has 0 radical (unpaired) electrons. The van der Waals surface area contributed by atoms with Crippen LogP contribution in [0.25, 0.3) is 0 Å². The highest BCUT2D eigenvalue weighted by Gasteiger charge is 2.17. The van der Waals surface area contributed by atoms with Crippen molar-refractivity contribution in [2.45, 2.75) is 13.3 Å². The van der Waals surface area contributed by atoms with Gasteiger partial charge in [-0.2, -0.15) is 0 Å². The Morgan fingerprint density at radius 3 is 3.00 bits per heavy atom. The molecule has 4 heteroatoms. The molecule has 3 N–H and O–H groups in total. The summed E-state index contributed by atoms with van der Waals surface area (Å²) in [4.78, 5) is 11.5. The number of rotatable bonds is 5. The van der Waals surface area contributed by atoms with Crippen LogP contribution in [0.1, 0.15) is 12.7 Å². The molecule has 1 atom stereocenters. The molecule has 1 heterocycles. The Kier molecular flexibility index (Phi) is 4.19. The summed E-state index contributed by atoms with van der Waals surface area (Å²) in [5, 5.41) is 2.75. The molecular weight excluding hydrogens is 180 g/mol. The minimum Gasteiger partial charge on any atom is -0.469 e. The van der Waals surface area contributed by atoms with Gasteiger partial charge in [0.1, 0.15) is 5.76 Å². The van der Waals surface area contributed by atoms with Gasteiger partial charge in [-0.15, -0.1) is 0 Å². The molecular formula is C10H16N2O2. The van der Waals surface area contributed by atoms with Gasteiger partial charge in [0.15, 0.2) is 0 Å². The zero-order chi connectivity index (χ0) is 10.4. The summed E-state index contributed by atoms with van der Waals surface area (Å²) in [7, 11) is 0. The number of carbonyl (C=O) groups excluding carboxylic acids is 1. The van der Waals surface area contributed by atoms with Crippen molar-refractivity contribution in [1.82, 2.24) is 5.32 Å². The number of hydrogen-bond acceptors (Lipinski definition) is 3. The van der Waals surface area contributed by atoms with Gasteiger partial charge in [-0.1, -0.05) is 0 Å². The molecule has 1 rings (SSSR count). The van der Waals surface area contributed by atoms with E-state index in [1.807, 2.05) is 13.0 Å². The van der Waals surface area contributed by atoms with E-state index in [4.69, 9.17) is 10.2 Å². The van der Waals surface area contributed by atoms with Crippen LogP contribution in [0, 0.1) is 5.92 Å². The summed E-state index contributed by atoms with van der Waals surface area (Å²) in [6.07, 6.45) is 2.16. The second-order valence-electron chi connectivity index (χ2n) is 3.11. The van der Waals surface area contributed by atoms with Crippen LogP contribution >= 0.6 is 0 Å². The number of amides is 1. The molecule has 0 fully saturated rings. The Morgan fingerprint density at radius 2 is 2.50 bits per heavy atom. The first-order chi connectivity index (χ1) is 6.77. The number of furan rings is 1. The van der Waals surface area contributed by atoms with Crippen LogP contribution in [-0.4, -0.2) is 19.0 Å². The molecule has 0 aliphatic carbocycles. The topological polar surface area (TPSA) is 68.3 Å². The maximum absolute atomic E-state index is 11.5. The first kappa shape index (κ1) is 10.8. The fraction of sp³-hybridized carbons (Fsp3) is 0.500. The van der Waals surface area contributed by atoms with Crippen molar-refractivity contribution in [3.05, 3.63) is 24.2 Å². The molecule has 0 spiro atoms. The van der Waals surface area contributed by atoms with Gasteiger partial charge in [0.25, 0.3) is 0 Å². The summed E-state index contributed by atoms with van der Waals surface area (Å²) in [5.74, 6) is 0.596. The maximum Gasteiger partial charge on any atom is 0.224 e. The van der Waals surface area contributed by atoms with Crippen LogP contribution < -0.4 is 11.1 Å². The van der Waals surface area contributed by atoms with Gasteiger partial charge < -0.3 is 15.5 Å². The predicted molar refractivity (Wildman–Crippen MR) is 53.6 cm³/mol.